The van der Waals surface area contributed by atoms with E-state index in [4.69, 9.17) is 8.92 Å². The van der Waals surface area contributed by atoms with Gasteiger partial charge in [0.25, 0.3) is 10.1 Å². The molecule has 0 aliphatic carbocycles. The first-order chi connectivity index (χ1) is 14.9. The van der Waals surface area contributed by atoms with Crippen LogP contribution in [0.3, 0.4) is 0 Å². The van der Waals surface area contributed by atoms with E-state index in [-0.39, 0.29) is 22.5 Å². The molecule has 0 spiro atoms. The Morgan fingerprint density at radius 2 is 1.77 bits per heavy atom. The Balaban J connectivity index is 2.03. The Kier molecular flexibility index (Phi) is 10.5. The zero-order valence-corrected chi connectivity index (χ0v) is 19.9. The maximum Gasteiger partial charge on any atom is 0.296 e. The lowest BCUT2D eigenvalue weighted by Gasteiger charge is -2.19. The third-order valence-corrected chi connectivity index (χ3v) is 6.82. The van der Waals surface area contributed by atoms with Crippen molar-refractivity contribution in [2.45, 2.75) is 38.7 Å². The first-order valence-electron chi connectivity index (χ1n) is 10.3. The number of hydrogen-bond acceptors (Lipinski definition) is 6. The highest BCUT2D eigenvalue weighted by atomic mass is 32.2. The topological polar surface area (TPSA) is 69.7 Å². The predicted octanol–water partition coefficient (Wildman–Crippen LogP) is 5.15. The van der Waals surface area contributed by atoms with E-state index in [2.05, 4.69) is 0 Å². The van der Waals surface area contributed by atoms with Crippen molar-refractivity contribution >= 4 is 27.0 Å². The summed E-state index contributed by atoms with van der Waals surface area (Å²) < 4.78 is 36.0. The zero-order valence-electron chi connectivity index (χ0n) is 18.2. The SMILES string of the molecule is C/C=C(/C(=O)SCC)C(CCOS(=O)(=O)c1ccc(C)cc1)COCc1ccccc1. The molecule has 2 aromatic carbocycles. The van der Waals surface area contributed by atoms with Gasteiger partial charge in [0.15, 0.2) is 0 Å². The van der Waals surface area contributed by atoms with E-state index in [1.165, 1.54) is 23.9 Å². The van der Waals surface area contributed by atoms with Crippen LogP contribution in [0, 0.1) is 12.8 Å². The second-order valence-electron chi connectivity index (χ2n) is 7.04. The van der Waals surface area contributed by atoms with Crippen LogP contribution in [0.2, 0.25) is 0 Å². The molecule has 2 rings (SSSR count). The summed E-state index contributed by atoms with van der Waals surface area (Å²) in [4.78, 5) is 12.7. The van der Waals surface area contributed by atoms with E-state index in [9.17, 15) is 13.2 Å². The number of rotatable bonds is 12. The van der Waals surface area contributed by atoms with Gasteiger partial charge in [-0.05, 0) is 43.7 Å². The summed E-state index contributed by atoms with van der Waals surface area (Å²) >= 11 is 1.24. The van der Waals surface area contributed by atoms with Crippen LogP contribution >= 0.6 is 11.8 Å². The van der Waals surface area contributed by atoms with Crippen LogP contribution in [0.5, 0.6) is 0 Å². The molecule has 168 valence electrons. The van der Waals surface area contributed by atoms with E-state index < -0.39 is 10.1 Å². The standard InChI is InChI=1S/C24H30O5S2/c1-4-23(24(25)30-5-2)21(18-28-17-20-9-7-6-8-10-20)15-16-29-31(26,27)22-13-11-19(3)12-14-22/h4,6-14,21H,5,15-18H2,1-3H3/b23-4+. The normalized spacial score (nSPS) is 13.2. The van der Waals surface area contributed by atoms with Gasteiger partial charge in [-0.2, -0.15) is 8.42 Å². The molecule has 0 fully saturated rings. The van der Waals surface area contributed by atoms with Crippen LogP contribution in [0.25, 0.3) is 0 Å². The summed E-state index contributed by atoms with van der Waals surface area (Å²) in [6.07, 6.45) is 2.14. The second-order valence-corrected chi connectivity index (χ2v) is 9.89. The van der Waals surface area contributed by atoms with Crippen molar-refractivity contribution in [2.75, 3.05) is 19.0 Å². The highest BCUT2D eigenvalue weighted by Crippen LogP contribution is 2.24. The number of benzene rings is 2. The smallest absolute Gasteiger partial charge is 0.296 e. The van der Waals surface area contributed by atoms with Gasteiger partial charge in [-0.3, -0.25) is 8.98 Å². The monoisotopic (exact) mass is 462 g/mol. The first-order valence-corrected chi connectivity index (χ1v) is 12.7. The van der Waals surface area contributed by atoms with Gasteiger partial charge in [0.1, 0.15) is 0 Å². The minimum Gasteiger partial charge on any atom is -0.376 e. The number of thioether (sulfide) groups is 1. The Hall–Kier alpha value is -1.93. The molecular formula is C24H30O5S2. The second kappa shape index (κ2) is 12.8. The number of hydrogen-bond donors (Lipinski definition) is 0. The zero-order chi connectivity index (χ0) is 22.7. The Labute approximate surface area is 190 Å². The van der Waals surface area contributed by atoms with Crippen LogP contribution in [0.1, 0.15) is 31.4 Å². The number of carbonyl (C=O) groups is 1. The van der Waals surface area contributed by atoms with Gasteiger partial charge in [0.2, 0.25) is 5.12 Å². The molecule has 0 saturated heterocycles. The predicted molar refractivity (Wildman–Crippen MR) is 125 cm³/mol. The first kappa shape index (κ1) is 25.3. The van der Waals surface area contributed by atoms with Crippen LogP contribution in [0.4, 0.5) is 0 Å². The quantitative estimate of drug-likeness (QED) is 0.321. The number of allylic oxidation sites excluding steroid dienone is 1. The Bertz CT molecular complexity index is 951. The van der Waals surface area contributed by atoms with Crippen molar-refractivity contribution in [1.29, 1.82) is 0 Å². The van der Waals surface area contributed by atoms with E-state index in [0.717, 1.165) is 11.1 Å². The van der Waals surface area contributed by atoms with Crippen molar-refractivity contribution in [3.8, 4) is 0 Å². The number of aryl methyl sites for hydroxylation is 1. The summed E-state index contributed by atoms with van der Waals surface area (Å²) in [5.74, 6) is 0.417. The van der Waals surface area contributed by atoms with Gasteiger partial charge in [0, 0.05) is 11.5 Å². The summed E-state index contributed by atoms with van der Waals surface area (Å²) in [5, 5.41) is -0.0142. The average Bonchev–Trinajstić information content (AvgIpc) is 2.75. The fourth-order valence-corrected chi connectivity index (χ4v) is 4.66. The van der Waals surface area contributed by atoms with Crippen molar-refractivity contribution in [1.82, 2.24) is 0 Å². The molecule has 0 radical (unpaired) electrons. The number of carbonyl (C=O) groups excluding carboxylic acids is 1. The van der Waals surface area contributed by atoms with E-state index in [1.54, 1.807) is 18.2 Å². The highest BCUT2D eigenvalue weighted by Gasteiger charge is 2.23. The van der Waals surface area contributed by atoms with E-state index in [1.807, 2.05) is 51.1 Å². The summed E-state index contributed by atoms with van der Waals surface area (Å²) in [7, 11) is -3.85. The lowest BCUT2D eigenvalue weighted by Crippen LogP contribution is -2.20. The Morgan fingerprint density at radius 3 is 2.39 bits per heavy atom. The summed E-state index contributed by atoms with van der Waals surface area (Å²) in [6, 6.07) is 16.3. The molecule has 0 aliphatic heterocycles. The van der Waals surface area contributed by atoms with Gasteiger partial charge >= 0.3 is 0 Å². The molecule has 0 bridgehead atoms. The summed E-state index contributed by atoms with van der Waals surface area (Å²) in [6.45, 7) is 6.33. The molecule has 2 aromatic rings. The maximum atomic E-state index is 12.5. The number of ether oxygens (including phenoxy) is 1. The molecular weight excluding hydrogens is 432 g/mol. The molecule has 5 nitrogen and oxygen atoms in total. The molecule has 0 aromatic heterocycles. The molecule has 0 amide bonds. The van der Waals surface area contributed by atoms with Gasteiger partial charge in [-0.15, -0.1) is 0 Å². The third kappa shape index (κ3) is 8.26. The van der Waals surface area contributed by atoms with Crippen molar-refractivity contribution in [3.05, 3.63) is 77.4 Å². The van der Waals surface area contributed by atoms with Gasteiger partial charge < -0.3 is 4.74 Å². The average molecular weight is 463 g/mol. The molecule has 0 saturated carbocycles. The molecule has 0 aliphatic rings. The van der Waals surface area contributed by atoms with Crippen LogP contribution < -0.4 is 0 Å². The largest absolute Gasteiger partial charge is 0.376 e. The fraction of sp³-hybridized carbons (Fsp3) is 0.375. The molecule has 7 heteroatoms. The van der Waals surface area contributed by atoms with E-state index >= 15 is 0 Å². The molecule has 0 N–H and O–H groups in total. The Morgan fingerprint density at radius 1 is 1.10 bits per heavy atom. The molecule has 1 atom stereocenters. The molecule has 31 heavy (non-hydrogen) atoms. The summed E-state index contributed by atoms with van der Waals surface area (Å²) in [5.41, 5.74) is 2.64. The minimum absolute atomic E-state index is 0.0142. The van der Waals surface area contributed by atoms with Gasteiger partial charge in [-0.25, -0.2) is 0 Å². The highest BCUT2D eigenvalue weighted by molar-refractivity contribution is 8.14. The van der Waals surface area contributed by atoms with Gasteiger partial charge in [-0.1, -0.05) is 72.8 Å². The third-order valence-electron chi connectivity index (χ3n) is 4.71. The fourth-order valence-electron chi connectivity index (χ4n) is 3.03. The van der Waals surface area contributed by atoms with Gasteiger partial charge in [0.05, 0.1) is 24.7 Å². The lowest BCUT2D eigenvalue weighted by molar-refractivity contribution is -0.108. The van der Waals surface area contributed by atoms with Crippen LogP contribution in [-0.2, 0) is 30.4 Å². The van der Waals surface area contributed by atoms with Crippen molar-refractivity contribution in [3.63, 3.8) is 0 Å². The maximum absolute atomic E-state index is 12.5. The lowest BCUT2D eigenvalue weighted by atomic mass is 9.97. The van der Waals surface area contributed by atoms with Crippen molar-refractivity contribution < 1.29 is 22.1 Å². The molecule has 1 unspecified atom stereocenters. The minimum atomic E-state index is -3.85. The van der Waals surface area contributed by atoms with E-state index in [0.29, 0.717) is 31.0 Å². The van der Waals surface area contributed by atoms with Crippen molar-refractivity contribution in [2.24, 2.45) is 5.92 Å². The van der Waals surface area contributed by atoms with Crippen LogP contribution in [-0.4, -0.2) is 32.5 Å². The molecule has 0 heterocycles. The van der Waals surface area contributed by atoms with Crippen LogP contribution in [0.15, 0.2) is 71.1 Å².